The van der Waals surface area contributed by atoms with E-state index in [1.807, 2.05) is 18.2 Å². The molecule has 16 heavy (non-hydrogen) atoms. The number of ether oxygens (including phenoxy) is 1. The minimum Gasteiger partial charge on any atom is -0.427 e. The predicted octanol–water partition coefficient (Wildman–Crippen LogP) is 2.41. The van der Waals surface area contributed by atoms with Gasteiger partial charge in [0, 0.05) is 13.0 Å². The summed E-state index contributed by atoms with van der Waals surface area (Å²) in [6, 6.07) is 7.59. The molecule has 1 aliphatic rings. The van der Waals surface area contributed by atoms with Crippen molar-refractivity contribution in [3.63, 3.8) is 0 Å². The van der Waals surface area contributed by atoms with Gasteiger partial charge in [0.15, 0.2) is 0 Å². The first-order chi connectivity index (χ1) is 7.66. The molecule has 3 nitrogen and oxygen atoms in total. The minimum atomic E-state index is -0.297. The molecule has 0 bridgehead atoms. The zero-order valence-electron chi connectivity index (χ0n) is 9.48. The molecular weight excluding hydrogens is 202 g/mol. The van der Waals surface area contributed by atoms with Crippen molar-refractivity contribution in [2.24, 2.45) is 11.7 Å². The largest absolute Gasteiger partial charge is 0.427 e. The van der Waals surface area contributed by atoms with Crippen LogP contribution in [0.2, 0.25) is 0 Å². The number of carbonyl (C=O) groups is 1. The van der Waals surface area contributed by atoms with Crippen molar-refractivity contribution in [1.82, 2.24) is 0 Å². The Kier molecular flexibility index (Phi) is 3.25. The van der Waals surface area contributed by atoms with Gasteiger partial charge in [0.25, 0.3) is 0 Å². The van der Waals surface area contributed by atoms with Gasteiger partial charge in [0.1, 0.15) is 5.75 Å². The molecule has 1 aromatic carbocycles. The van der Waals surface area contributed by atoms with Crippen molar-refractivity contribution < 1.29 is 9.53 Å². The second kappa shape index (κ2) is 4.66. The third kappa shape index (κ3) is 2.42. The number of hydrogen-bond donors (Lipinski definition) is 1. The lowest BCUT2D eigenvalue weighted by atomic mass is 9.77. The van der Waals surface area contributed by atoms with Crippen molar-refractivity contribution in [3.05, 3.63) is 29.8 Å². The van der Waals surface area contributed by atoms with E-state index in [1.54, 1.807) is 6.07 Å². The Bertz CT molecular complexity index is 385. The number of hydrogen-bond acceptors (Lipinski definition) is 3. The molecule has 2 rings (SSSR count). The van der Waals surface area contributed by atoms with Crippen LogP contribution in [0, 0.1) is 5.92 Å². The molecule has 0 radical (unpaired) electrons. The number of rotatable bonds is 3. The average molecular weight is 219 g/mol. The van der Waals surface area contributed by atoms with Crippen LogP contribution in [-0.2, 0) is 4.79 Å². The van der Waals surface area contributed by atoms with Crippen LogP contribution in [0.1, 0.15) is 37.8 Å². The van der Waals surface area contributed by atoms with E-state index in [9.17, 15) is 4.79 Å². The maximum absolute atomic E-state index is 10.8. The van der Waals surface area contributed by atoms with Crippen LogP contribution in [-0.4, -0.2) is 5.97 Å². The van der Waals surface area contributed by atoms with E-state index in [-0.39, 0.29) is 12.0 Å². The van der Waals surface area contributed by atoms with Gasteiger partial charge < -0.3 is 10.5 Å². The fourth-order valence-electron chi connectivity index (χ4n) is 2.02. The average Bonchev–Trinajstić information content (AvgIpc) is 2.14. The van der Waals surface area contributed by atoms with Gasteiger partial charge in [-0.15, -0.1) is 0 Å². The van der Waals surface area contributed by atoms with Gasteiger partial charge in [-0.05, 0) is 36.5 Å². The molecule has 1 aromatic rings. The van der Waals surface area contributed by atoms with E-state index in [0.717, 1.165) is 5.56 Å². The third-order valence-electron chi connectivity index (χ3n) is 3.16. The van der Waals surface area contributed by atoms with Crippen molar-refractivity contribution in [3.8, 4) is 5.75 Å². The molecule has 1 atom stereocenters. The maximum Gasteiger partial charge on any atom is 0.308 e. The highest BCUT2D eigenvalue weighted by Gasteiger charge is 2.25. The molecule has 3 heteroatoms. The minimum absolute atomic E-state index is 0.0734. The summed E-state index contributed by atoms with van der Waals surface area (Å²) in [4.78, 5) is 10.8. The van der Waals surface area contributed by atoms with Crippen molar-refractivity contribution >= 4 is 5.97 Å². The standard InChI is InChI=1S/C13H17NO2/c1-9(15)16-12-7-3-6-11(8-12)13(14)10-4-2-5-10/h3,6-8,10,13H,2,4-5,14H2,1H3/t13-/m0/s1. The topological polar surface area (TPSA) is 52.3 Å². The summed E-state index contributed by atoms with van der Waals surface area (Å²) < 4.78 is 5.04. The summed E-state index contributed by atoms with van der Waals surface area (Å²) in [7, 11) is 0. The Labute approximate surface area is 95.6 Å². The van der Waals surface area contributed by atoms with Crippen LogP contribution in [0.25, 0.3) is 0 Å². The van der Waals surface area contributed by atoms with Crippen molar-refractivity contribution in [1.29, 1.82) is 0 Å². The summed E-state index contributed by atoms with van der Waals surface area (Å²) in [5.41, 5.74) is 7.22. The second-order valence-electron chi connectivity index (χ2n) is 4.38. The first kappa shape index (κ1) is 11.1. The highest BCUT2D eigenvalue weighted by atomic mass is 16.5. The van der Waals surface area contributed by atoms with Crippen LogP contribution in [0.15, 0.2) is 24.3 Å². The maximum atomic E-state index is 10.8. The van der Waals surface area contributed by atoms with Gasteiger partial charge in [0.05, 0.1) is 0 Å². The summed E-state index contributed by atoms with van der Waals surface area (Å²) in [6.45, 7) is 1.40. The monoisotopic (exact) mass is 219 g/mol. The van der Waals surface area contributed by atoms with Gasteiger partial charge in [-0.1, -0.05) is 18.6 Å². The van der Waals surface area contributed by atoms with E-state index in [4.69, 9.17) is 10.5 Å². The van der Waals surface area contributed by atoms with Gasteiger partial charge in [-0.3, -0.25) is 4.79 Å². The number of benzene rings is 1. The van der Waals surface area contributed by atoms with Gasteiger partial charge in [-0.25, -0.2) is 0 Å². The fraction of sp³-hybridized carbons (Fsp3) is 0.462. The summed E-state index contributed by atoms with van der Waals surface area (Å²) >= 11 is 0. The molecule has 1 aliphatic carbocycles. The van der Waals surface area contributed by atoms with E-state index >= 15 is 0 Å². The molecule has 0 unspecified atom stereocenters. The lowest BCUT2D eigenvalue weighted by Crippen LogP contribution is -2.26. The Morgan fingerprint density at radius 3 is 2.81 bits per heavy atom. The Hall–Kier alpha value is -1.35. The van der Waals surface area contributed by atoms with Gasteiger partial charge >= 0.3 is 5.97 Å². The predicted molar refractivity (Wildman–Crippen MR) is 62.0 cm³/mol. The summed E-state index contributed by atoms with van der Waals surface area (Å²) in [6.07, 6.45) is 3.69. The van der Waals surface area contributed by atoms with Gasteiger partial charge in [-0.2, -0.15) is 0 Å². The van der Waals surface area contributed by atoms with E-state index in [2.05, 4.69) is 0 Å². The first-order valence-corrected chi connectivity index (χ1v) is 5.71. The zero-order valence-corrected chi connectivity index (χ0v) is 9.48. The highest BCUT2D eigenvalue weighted by Crippen LogP contribution is 2.36. The summed E-state index contributed by atoms with van der Waals surface area (Å²) in [5.74, 6) is 0.877. The van der Waals surface area contributed by atoms with E-state index in [1.165, 1.54) is 26.2 Å². The molecule has 86 valence electrons. The van der Waals surface area contributed by atoms with Gasteiger partial charge in [0.2, 0.25) is 0 Å². The Balaban J connectivity index is 2.11. The molecule has 0 aliphatic heterocycles. The van der Waals surface area contributed by atoms with E-state index in [0.29, 0.717) is 11.7 Å². The number of carbonyl (C=O) groups excluding carboxylic acids is 1. The normalized spacial score (nSPS) is 17.6. The molecule has 0 spiro atoms. The van der Waals surface area contributed by atoms with Crippen LogP contribution >= 0.6 is 0 Å². The zero-order chi connectivity index (χ0) is 11.5. The fourth-order valence-corrected chi connectivity index (χ4v) is 2.02. The Morgan fingerprint density at radius 1 is 1.50 bits per heavy atom. The molecule has 0 heterocycles. The molecule has 0 aromatic heterocycles. The molecule has 0 saturated heterocycles. The Morgan fingerprint density at radius 2 is 2.25 bits per heavy atom. The number of esters is 1. The van der Waals surface area contributed by atoms with Crippen LogP contribution < -0.4 is 10.5 Å². The molecule has 1 fully saturated rings. The SMILES string of the molecule is CC(=O)Oc1cccc([C@@H](N)C2CCC2)c1. The molecular formula is C13H17NO2. The van der Waals surface area contributed by atoms with Crippen LogP contribution in [0.3, 0.4) is 0 Å². The van der Waals surface area contributed by atoms with Crippen LogP contribution in [0.4, 0.5) is 0 Å². The lowest BCUT2D eigenvalue weighted by molar-refractivity contribution is -0.131. The molecule has 0 amide bonds. The first-order valence-electron chi connectivity index (χ1n) is 5.71. The smallest absolute Gasteiger partial charge is 0.308 e. The second-order valence-corrected chi connectivity index (χ2v) is 4.38. The number of nitrogens with two attached hydrogens (primary N) is 1. The highest BCUT2D eigenvalue weighted by molar-refractivity contribution is 5.69. The third-order valence-corrected chi connectivity index (χ3v) is 3.16. The lowest BCUT2D eigenvalue weighted by Gasteiger charge is -2.31. The molecule has 1 saturated carbocycles. The molecule has 2 N–H and O–H groups in total. The summed E-state index contributed by atoms with van der Waals surface area (Å²) in [5, 5.41) is 0. The van der Waals surface area contributed by atoms with E-state index < -0.39 is 0 Å². The van der Waals surface area contributed by atoms with Crippen molar-refractivity contribution in [2.75, 3.05) is 0 Å². The quantitative estimate of drug-likeness (QED) is 0.627. The van der Waals surface area contributed by atoms with Crippen molar-refractivity contribution in [2.45, 2.75) is 32.2 Å². The van der Waals surface area contributed by atoms with Crippen LogP contribution in [0.5, 0.6) is 5.75 Å².